The Kier molecular flexibility index (Phi) is 4.98. The quantitative estimate of drug-likeness (QED) is 0.675. The molecule has 0 aliphatic heterocycles. The van der Waals surface area contributed by atoms with E-state index in [0.29, 0.717) is 12.3 Å². The van der Waals surface area contributed by atoms with Crippen LogP contribution in [-0.4, -0.2) is 24.3 Å². The molecule has 1 aromatic heterocycles. The Balaban J connectivity index is 2.44. The van der Waals surface area contributed by atoms with Gasteiger partial charge in [-0.25, -0.2) is 4.79 Å². The number of methoxy groups -OCH3 is 1. The Morgan fingerprint density at radius 2 is 2.04 bits per heavy atom. The number of benzene rings is 1. The van der Waals surface area contributed by atoms with Crippen LogP contribution in [0.2, 0.25) is 0 Å². The van der Waals surface area contributed by atoms with Gasteiger partial charge in [-0.1, -0.05) is 0 Å². The standard InChI is InChI=1S/C18H24N2O3/c1-7-23-18(21)8-11(2)19-15-10-16-14(9-17(15)22-6)12(3)13(4)20(16)5/h8-10,19H,7H2,1-6H3. The highest BCUT2D eigenvalue weighted by Gasteiger charge is 2.13. The molecule has 0 unspecified atom stereocenters. The Morgan fingerprint density at radius 1 is 1.35 bits per heavy atom. The maximum Gasteiger partial charge on any atom is 0.332 e. The van der Waals surface area contributed by atoms with E-state index in [1.54, 1.807) is 14.0 Å². The van der Waals surface area contributed by atoms with E-state index < -0.39 is 0 Å². The molecular formula is C18H24N2O3. The van der Waals surface area contributed by atoms with Crippen molar-refractivity contribution in [3.63, 3.8) is 0 Å². The molecule has 23 heavy (non-hydrogen) atoms. The van der Waals surface area contributed by atoms with Crippen LogP contribution in [0.5, 0.6) is 5.75 Å². The minimum Gasteiger partial charge on any atom is -0.495 e. The lowest BCUT2D eigenvalue weighted by Crippen LogP contribution is -2.05. The van der Waals surface area contributed by atoms with Crippen molar-refractivity contribution in [2.75, 3.05) is 19.0 Å². The predicted molar refractivity (Wildman–Crippen MR) is 93.0 cm³/mol. The number of ether oxygens (including phenoxy) is 2. The number of hydrogen-bond donors (Lipinski definition) is 1. The van der Waals surface area contributed by atoms with Gasteiger partial charge >= 0.3 is 5.97 Å². The zero-order valence-electron chi connectivity index (χ0n) is 14.6. The fourth-order valence-electron chi connectivity index (χ4n) is 2.65. The molecule has 0 spiro atoms. The average Bonchev–Trinajstić information content (AvgIpc) is 2.71. The molecule has 2 rings (SSSR count). The summed E-state index contributed by atoms with van der Waals surface area (Å²) in [7, 11) is 3.68. The molecule has 1 aromatic carbocycles. The highest BCUT2D eigenvalue weighted by Crippen LogP contribution is 2.34. The fourth-order valence-corrected chi connectivity index (χ4v) is 2.65. The average molecular weight is 316 g/mol. The number of aryl methyl sites for hydroxylation is 2. The Bertz CT molecular complexity index is 772. The highest BCUT2D eigenvalue weighted by atomic mass is 16.5. The third kappa shape index (κ3) is 3.33. The number of rotatable bonds is 5. The topological polar surface area (TPSA) is 52.5 Å². The van der Waals surface area contributed by atoms with E-state index in [4.69, 9.17) is 9.47 Å². The van der Waals surface area contributed by atoms with Crippen LogP contribution in [0.3, 0.4) is 0 Å². The zero-order valence-corrected chi connectivity index (χ0v) is 14.6. The van der Waals surface area contributed by atoms with Crippen LogP contribution in [0.25, 0.3) is 10.9 Å². The second-order valence-electron chi connectivity index (χ2n) is 5.54. The molecule has 1 heterocycles. The minimum atomic E-state index is -0.358. The van der Waals surface area contributed by atoms with Gasteiger partial charge in [-0.2, -0.15) is 0 Å². The summed E-state index contributed by atoms with van der Waals surface area (Å²) >= 11 is 0. The van der Waals surface area contributed by atoms with Gasteiger partial charge in [0, 0.05) is 29.9 Å². The largest absolute Gasteiger partial charge is 0.495 e. The number of nitrogens with one attached hydrogen (secondary N) is 1. The molecule has 5 heteroatoms. The molecule has 0 aliphatic rings. The predicted octanol–water partition coefficient (Wildman–Crippen LogP) is 3.68. The van der Waals surface area contributed by atoms with Gasteiger partial charge < -0.3 is 19.4 Å². The maximum atomic E-state index is 11.5. The zero-order chi connectivity index (χ0) is 17.1. The number of carbonyl (C=O) groups excluding carboxylic acids is 1. The molecule has 5 nitrogen and oxygen atoms in total. The Morgan fingerprint density at radius 3 is 2.65 bits per heavy atom. The summed E-state index contributed by atoms with van der Waals surface area (Å²) in [6.45, 7) is 8.17. The van der Waals surface area contributed by atoms with Crippen molar-refractivity contribution in [2.45, 2.75) is 27.7 Å². The molecule has 0 aliphatic carbocycles. The first-order valence-electron chi connectivity index (χ1n) is 7.64. The molecule has 0 bridgehead atoms. The van der Waals surface area contributed by atoms with Gasteiger partial charge in [0.05, 0.1) is 24.9 Å². The molecule has 124 valence electrons. The SMILES string of the molecule is CCOC(=O)C=C(C)Nc1cc2c(cc1OC)c(C)c(C)n2C. The van der Waals surface area contributed by atoms with Crippen LogP contribution in [0.15, 0.2) is 23.9 Å². The smallest absolute Gasteiger partial charge is 0.332 e. The number of anilines is 1. The third-order valence-corrected chi connectivity index (χ3v) is 4.08. The second-order valence-corrected chi connectivity index (χ2v) is 5.54. The summed E-state index contributed by atoms with van der Waals surface area (Å²) < 4.78 is 12.6. The van der Waals surface area contributed by atoms with Gasteiger partial charge in [0.15, 0.2) is 0 Å². The molecule has 2 aromatic rings. The van der Waals surface area contributed by atoms with Crippen molar-refractivity contribution in [3.05, 3.63) is 35.2 Å². The van der Waals surface area contributed by atoms with Crippen LogP contribution < -0.4 is 10.1 Å². The van der Waals surface area contributed by atoms with Gasteiger partial charge in [0.25, 0.3) is 0 Å². The maximum absolute atomic E-state index is 11.5. The van der Waals surface area contributed by atoms with Crippen LogP contribution in [-0.2, 0) is 16.6 Å². The Labute approximate surface area is 136 Å². The fraction of sp³-hybridized carbons (Fsp3) is 0.389. The number of allylic oxidation sites excluding steroid dienone is 1. The Hall–Kier alpha value is -2.43. The summed E-state index contributed by atoms with van der Waals surface area (Å²) in [5.41, 5.74) is 5.10. The van der Waals surface area contributed by atoms with Crippen LogP contribution in [0.4, 0.5) is 5.69 Å². The van der Waals surface area contributed by atoms with Crippen LogP contribution >= 0.6 is 0 Å². The van der Waals surface area contributed by atoms with Crippen molar-refractivity contribution in [3.8, 4) is 5.75 Å². The minimum absolute atomic E-state index is 0.358. The van der Waals surface area contributed by atoms with E-state index in [1.165, 1.54) is 22.7 Å². The lowest BCUT2D eigenvalue weighted by Gasteiger charge is -2.13. The van der Waals surface area contributed by atoms with Gasteiger partial charge in [-0.05, 0) is 45.4 Å². The highest BCUT2D eigenvalue weighted by molar-refractivity contribution is 5.91. The number of fused-ring (bicyclic) bond motifs is 1. The van der Waals surface area contributed by atoms with E-state index in [-0.39, 0.29) is 5.97 Å². The summed E-state index contributed by atoms with van der Waals surface area (Å²) in [5.74, 6) is 0.380. The first-order valence-corrected chi connectivity index (χ1v) is 7.64. The first-order chi connectivity index (χ1) is 10.9. The van der Waals surface area contributed by atoms with Crippen molar-refractivity contribution in [2.24, 2.45) is 7.05 Å². The molecule has 0 fully saturated rings. The van der Waals surface area contributed by atoms with Gasteiger partial charge in [-0.3, -0.25) is 0 Å². The van der Waals surface area contributed by atoms with Crippen molar-refractivity contribution in [1.82, 2.24) is 4.57 Å². The number of aromatic nitrogens is 1. The van der Waals surface area contributed by atoms with E-state index in [9.17, 15) is 4.79 Å². The van der Waals surface area contributed by atoms with Gasteiger partial charge in [0.1, 0.15) is 5.75 Å². The third-order valence-electron chi connectivity index (χ3n) is 4.08. The van der Waals surface area contributed by atoms with Crippen LogP contribution in [0, 0.1) is 13.8 Å². The summed E-state index contributed by atoms with van der Waals surface area (Å²) in [6, 6.07) is 4.06. The summed E-state index contributed by atoms with van der Waals surface area (Å²) in [4.78, 5) is 11.5. The molecule has 0 saturated heterocycles. The van der Waals surface area contributed by atoms with Crippen LogP contribution in [0.1, 0.15) is 25.1 Å². The summed E-state index contributed by atoms with van der Waals surface area (Å²) in [6.07, 6.45) is 1.44. The first kappa shape index (κ1) is 16.9. The van der Waals surface area contributed by atoms with Crippen molar-refractivity contribution < 1.29 is 14.3 Å². The van der Waals surface area contributed by atoms with E-state index in [2.05, 4.69) is 23.7 Å². The normalized spacial score (nSPS) is 11.7. The van der Waals surface area contributed by atoms with Crippen molar-refractivity contribution in [1.29, 1.82) is 0 Å². The molecule has 0 amide bonds. The number of hydrogen-bond acceptors (Lipinski definition) is 4. The molecular weight excluding hydrogens is 292 g/mol. The molecule has 0 radical (unpaired) electrons. The molecule has 1 N–H and O–H groups in total. The lowest BCUT2D eigenvalue weighted by atomic mass is 10.1. The molecule has 0 saturated carbocycles. The lowest BCUT2D eigenvalue weighted by molar-refractivity contribution is -0.137. The number of carbonyl (C=O) groups is 1. The van der Waals surface area contributed by atoms with E-state index in [0.717, 1.165) is 17.0 Å². The van der Waals surface area contributed by atoms with E-state index in [1.807, 2.05) is 26.1 Å². The second kappa shape index (κ2) is 6.77. The number of esters is 1. The number of nitrogens with zero attached hydrogens (tertiary/aromatic N) is 1. The van der Waals surface area contributed by atoms with Gasteiger partial charge in [-0.15, -0.1) is 0 Å². The van der Waals surface area contributed by atoms with Gasteiger partial charge in [0.2, 0.25) is 0 Å². The van der Waals surface area contributed by atoms with E-state index >= 15 is 0 Å². The molecule has 0 atom stereocenters. The monoisotopic (exact) mass is 316 g/mol. The van der Waals surface area contributed by atoms with Crippen molar-refractivity contribution >= 4 is 22.6 Å². The summed E-state index contributed by atoms with van der Waals surface area (Å²) in [5, 5.41) is 4.39.